The topological polar surface area (TPSA) is 59.3 Å². The second-order valence-corrected chi connectivity index (χ2v) is 6.94. The van der Waals surface area contributed by atoms with E-state index in [0.29, 0.717) is 17.8 Å². The summed E-state index contributed by atoms with van der Waals surface area (Å²) in [6.07, 6.45) is 4.02. The minimum absolute atomic E-state index is 0.172. The summed E-state index contributed by atoms with van der Waals surface area (Å²) in [5.74, 6) is -0.172. The molecular weight excluding hydrogens is 404 g/mol. The maximum atomic E-state index is 12.6. The van der Waals surface area contributed by atoms with Crippen molar-refractivity contribution in [2.24, 2.45) is 0 Å². The van der Waals surface area contributed by atoms with Crippen LogP contribution in [0.25, 0.3) is 16.9 Å². The molecule has 0 aliphatic carbocycles. The fraction of sp³-hybridized carbons (Fsp3) is 0.0952. The van der Waals surface area contributed by atoms with E-state index in [9.17, 15) is 4.79 Å². The third kappa shape index (κ3) is 3.61. The van der Waals surface area contributed by atoms with Crippen molar-refractivity contribution in [2.75, 3.05) is 6.54 Å². The van der Waals surface area contributed by atoms with Crippen molar-refractivity contribution in [3.05, 3.63) is 88.7 Å². The molecular formula is C21H17BrN4O. The van der Waals surface area contributed by atoms with E-state index < -0.39 is 0 Å². The molecule has 4 rings (SSSR count). The molecule has 0 radical (unpaired) electrons. The van der Waals surface area contributed by atoms with Crippen LogP contribution in [0.1, 0.15) is 15.9 Å². The Labute approximate surface area is 165 Å². The van der Waals surface area contributed by atoms with Crippen molar-refractivity contribution in [1.82, 2.24) is 19.9 Å². The highest BCUT2D eigenvalue weighted by atomic mass is 79.9. The quantitative estimate of drug-likeness (QED) is 0.527. The Morgan fingerprint density at radius 3 is 2.63 bits per heavy atom. The molecule has 0 saturated carbocycles. The van der Waals surface area contributed by atoms with E-state index in [2.05, 4.69) is 31.3 Å². The van der Waals surface area contributed by atoms with E-state index >= 15 is 0 Å². The Kier molecular flexibility index (Phi) is 4.98. The second kappa shape index (κ2) is 7.72. The Morgan fingerprint density at radius 2 is 1.81 bits per heavy atom. The van der Waals surface area contributed by atoms with Gasteiger partial charge in [-0.1, -0.05) is 64.5 Å². The van der Waals surface area contributed by atoms with Crippen LogP contribution in [0.3, 0.4) is 0 Å². The van der Waals surface area contributed by atoms with E-state index in [-0.39, 0.29) is 5.91 Å². The molecule has 0 atom stereocenters. The minimum Gasteiger partial charge on any atom is -0.352 e. The number of rotatable bonds is 5. The molecule has 1 N–H and O–H groups in total. The monoisotopic (exact) mass is 420 g/mol. The molecule has 0 aliphatic heterocycles. The van der Waals surface area contributed by atoms with Gasteiger partial charge in [-0.25, -0.2) is 9.50 Å². The maximum absolute atomic E-state index is 12.6. The number of aromatic nitrogens is 3. The van der Waals surface area contributed by atoms with Gasteiger partial charge in [0.05, 0.1) is 11.9 Å². The number of nitrogens with zero attached hydrogens (tertiary/aromatic N) is 3. The first-order valence-electron chi connectivity index (χ1n) is 8.64. The summed E-state index contributed by atoms with van der Waals surface area (Å²) in [6.45, 7) is 0.539. The molecule has 134 valence electrons. The Balaban J connectivity index is 1.54. The molecule has 1 amide bonds. The molecule has 0 spiro atoms. The van der Waals surface area contributed by atoms with Gasteiger partial charge in [-0.3, -0.25) is 4.79 Å². The Hall–Kier alpha value is -2.99. The van der Waals surface area contributed by atoms with Gasteiger partial charge < -0.3 is 5.32 Å². The summed E-state index contributed by atoms with van der Waals surface area (Å²) in [5, 5.41) is 7.34. The predicted octanol–water partition coefficient (Wildman–Crippen LogP) is 4.13. The van der Waals surface area contributed by atoms with Crippen LogP contribution >= 0.6 is 15.9 Å². The molecule has 27 heavy (non-hydrogen) atoms. The zero-order valence-corrected chi connectivity index (χ0v) is 16.1. The van der Waals surface area contributed by atoms with E-state index in [1.165, 1.54) is 0 Å². The average Bonchev–Trinajstić information content (AvgIpc) is 3.14. The van der Waals surface area contributed by atoms with Crippen LogP contribution in [-0.4, -0.2) is 27.0 Å². The van der Waals surface area contributed by atoms with Crippen molar-refractivity contribution in [2.45, 2.75) is 6.42 Å². The van der Waals surface area contributed by atoms with E-state index in [4.69, 9.17) is 0 Å². The van der Waals surface area contributed by atoms with Crippen molar-refractivity contribution >= 4 is 27.5 Å². The summed E-state index contributed by atoms with van der Waals surface area (Å²) in [6, 6.07) is 19.8. The molecule has 0 unspecified atom stereocenters. The standard InChI is InChI=1S/C21H17BrN4O/c22-18-9-5-4-6-15(18)10-12-24-21(27)17-14-25-26-19(11-13-23-20(17)26)16-7-2-1-3-8-16/h1-9,11,13-14H,10,12H2,(H,24,27). The molecule has 0 aliphatic rings. The van der Waals surface area contributed by atoms with Gasteiger partial charge in [0, 0.05) is 22.8 Å². The number of halogens is 1. The predicted molar refractivity (Wildman–Crippen MR) is 109 cm³/mol. The number of hydrogen-bond donors (Lipinski definition) is 1. The first kappa shape index (κ1) is 17.4. The van der Waals surface area contributed by atoms with E-state index in [0.717, 1.165) is 27.7 Å². The number of benzene rings is 2. The highest BCUT2D eigenvalue weighted by Gasteiger charge is 2.15. The number of fused-ring (bicyclic) bond motifs is 1. The van der Waals surface area contributed by atoms with Gasteiger partial charge in [-0.2, -0.15) is 5.10 Å². The van der Waals surface area contributed by atoms with Crippen LogP contribution < -0.4 is 5.32 Å². The highest BCUT2D eigenvalue weighted by Crippen LogP contribution is 2.20. The molecule has 0 fully saturated rings. The fourth-order valence-electron chi connectivity index (χ4n) is 2.99. The molecule has 2 aromatic heterocycles. The highest BCUT2D eigenvalue weighted by molar-refractivity contribution is 9.10. The van der Waals surface area contributed by atoms with Gasteiger partial charge in [0.1, 0.15) is 5.56 Å². The largest absolute Gasteiger partial charge is 0.352 e. The lowest BCUT2D eigenvalue weighted by atomic mass is 10.1. The minimum atomic E-state index is -0.172. The van der Waals surface area contributed by atoms with Crippen LogP contribution in [0, 0.1) is 0 Å². The van der Waals surface area contributed by atoms with Gasteiger partial charge in [-0.15, -0.1) is 0 Å². The van der Waals surface area contributed by atoms with E-state index in [1.54, 1.807) is 16.9 Å². The first-order valence-corrected chi connectivity index (χ1v) is 9.43. The normalized spacial score (nSPS) is 10.9. The average molecular weight is 421 g/mol. The van der Waals surface area contributed by atoms with Gasteiger partial charge in [0.15, 0.2) is 5.65 Å². The Bertz CT molecular complexity index is 1090. The lowest BCUT2D eigenvalue weighted by Gasteiger charge is -2.07. The zero-order chi connectivity index (χ0) is 18.6. The van der Waals surface area contributed by atoms with Crippen LogP contribution in [0.5, 0.6) is 0 Å². The van der Waals surface area contributed by atoms with Gasteiger partial charge >= 0.3 is 0 Å². The third-order valence-corrected chi connectivity index (χ3v) is 5.13. The Morgan fingerprint density at radius 1 is 1.04 bits per heavy atom. The molecule has 5 nitrogen and oxygen atoms in total. The van der Waals surface area contributed by atoms with Gasteiger partial charge in [0.2, 0.25) is 0 Å². The summed E-state index contributed by atoms with van der Waals surface area (Å²) in [7, 11) is 0. The molecule has 2 aromatic carbocycles. The van der Waals surface area contributed by atoms with Crippen LogP contribution in [0.2, 0.25) is 0 Å². The lowest BCUT2D eigenvalue weighted by molar-refractivity contribution is 0.0955. The molecule has 2 heterocycles. The first-order chi connectivity index (χ1) is 13.2. The number of amides is 1. The van der Waals surface area contributed by atoms with Crippen molar-refractivity contribution in [3.8, 4) is 11.3 Å². The SMILES string of the molecule is O=C(NCCc1ccccc1Br)c1cnn2c(-c3ccccc3)ccnc12. The van der Waals surface area contributed by atoms with Crippen molar-refractivity contribution in [1.29, 1.82) is 0 Å². The summed E-state index contributed by atoms with van der Waals surface area (Å²) in [4.78, 5) is 17.0. The lowest BCUT2D eigenvalue weighted by Crippen LogP contribution is -2.25. The molecule has 0 saturated heterocycles. The third-order valence-electron chi connectivity index (χ3n) is 4.35. The van der Waals surface area contributed by atoms with Crippen LogP contribution in [-0.2, 0) is 6.42 Å². The smallest absolute Gasteiger partial charge is 0.256 e. The van der Waals surface area contributed by atoms with Crippen molar-refractivity contribution < 1.29 is 4.79 Å². The summed E-state index contributed by atoms with van der Waals surface area (Å²) in [5.41, 5.74) is 4.10. The van der Waals surface area contributed by atoms with Gasteiger partial charge in [-0.05, 0) is 24.1 Å². The summed E-state index contributed by atoms with van der Waals surface area (Å²) >= 11 is 3.53. The number of carbonyl (C=O) groups excluding carboxylic acids is 1. The van der Waals surface area contributed by atoms with Crippen LogP contribution in [0.4, 0.5) is 0 Å². The number of carbonyl (C=O) groups is 1. The molecule has 6 heteroatoms. The number of nitrogens with one attached hydrogen (secondary N) is 1. The zero-order valence-electron chi connectivity index (χ0n) is 14.5. The maximum Gasteiger partial charge on any atom is 0.256 e. The fourth-order valence-corrected chi connectivity index (χ4v) is 3.47. The molecule has 0 bridgehead atoms. The molecule has 4 aromatic rings. The summed E-state index contributed by atoms with van der Waals surface area (Å²) < 4.78 is 2.75. The van der Waals surface area contributed by atoms with E-state index in [1.807, 2.05) is 60.7 Å². The van der Waals surface area contributed by atoms with Crippen molar-refractivity contribution in [3.63, 3.8) is 0 Å². The van der Waals surface area contributed by atoms with Crippen LogP contribution in [0.15, 0.2) is 77.5 Å². The second-order valence-electron chi connectivity index (χ2n) is 6.09. The number of hydrogen-bond acceptors (Lipinski definition) is 3. The van der Waals surface area contributed by atoms with Gasteiger partial charge in [0.25, 0.3) is 5.91 Å².